The molecule has 2 unspecified atom stereocenters. The van der Waals surface area contributed by atoms with E-state index in [0.29, 0.717) is 12.2 Å². The van der Waals surface area contributed by atoms with Crippen molar-refractivity contribution in [3.63, 3.8) is 0 Å². The largest absolute Gasteiger partial charge is 0.395 e. The van der Waals surface area contributed by atoms with Gasteiger partial charge in [-0.1, -0.05) is 12.1 Å². The number of benzene rings is 2. The number of nitrogens with zero attached hydrogens (tertiary/aromatic N) is 2. The molecule has 2 aliphatic rings. The Morgan fingerprint density at radius 1 is 1.23 bits per heavy atom. The summed E-state index contributed by atoms with van der Waals surface area (Å²) in [4.78, 5) is 17.6. The summed E-state index contributed by atoms with van der Waals surface area (Å²) in [5, 5.41) is 2.12. The van der Waals surface area contributed by atoms with Crippen molar-refractivity contribution in [3.05, 3.63) is 53.4 Å². The zero-order chi connectivity index (χ0) is 17.9. The van der Waals surface area contributed by atoms with E-state index in [9.17, 15) is 4.79 Å². The number of carbonyl (C=O) groups is 1. The van der Waals surface area contributed by atoms with Gasteiger partial charge in [0.15, 0.2) is 0 Å². The van der Waals surface area contributed by atoms with Gasteiger partial charge in [-0.2, -0.15) is 0 Å². The minimum Gasteiger partial charge on any atom is -0.387 e. The van der Waals surface area contributed by atoms with Gasteiger partial charge < -0.3 is 19.1 Å². The van der Waals surface area contributed by atoms with Crippen LogP contribution in [0.1, 0.15) is 18.2 Å². The number of morpholine rings is 1. The molecular weight excluding hydrogens is 332 g/mol. The Hall–Kier alpha value is -2.62. The molecule has 2 fully saturated rings. The number of epoxide rings is 1. The van der Waals surface area contributed by atoms with Crippen molar-refractivity contribution >= 4 is 22.4 Å². The minimum absolute atomic E-state index is 0.0379. The van der Waals surface area contributed by atoms with Gasteiger partial charge in [0.25, 0.3) is 0 Å². The first-order chi connectivity index (χ1) is 12.7. The third kappa shape index (κ3) is 3.79. The molecule has 0 saturated carbocycles. The Kier molecular flexibility index (Phi) is 4.74. The summed E-state index contributed by atoms with van der Waals surface area (Å²) in [6, 6.07) is 12.0. The normalized spacial score (nSPS) is 20.4. The molecule has 6 nitrogen and oxygen atoms in total. The van der Waals surface area contributed by atoms with Gasteiger partial charge >= 0.3 is 12.2 Å². The molecule has 0 N–H and O–H groups in total. The zero-order valence-electron chi connectivity index (χ0n) is 14.4. The smallest absolute Gasteiger partial charge is 0.387 e. The van der Waals surface area contributed by atoms with Gasteiger partial charge in [-0.25, -0.2) is 6.57 Å². The number of ether oxygens (including phenoxy) is 3. The highest BCUT2D eigenvalue weighted by Crippen LogP contribution is 2.28. The van der Waals surface area contributed by atoms with E-state index >= 15 is 0 Å². The molecule has 4 rings (SSSR count). The van der Waals surface area contributed by atoms with Gasteiger partial charge in [0.05, 0.1) is 37.9 Å². The minimum atomic E-state index is -0.912. The second kappa shape index (κ2) is 7.32. The fourth-order valence-electron chi connectivity index (χ4n) is 3.14. The molecule has 0 spiro atoms. The van der Waals surface area contributed by atoms with Crippen LogP contribution in [0.3, 0.4) is 0 Å². The highest BCUT2D eigenvalue weighted by atomic mass is 16.6. The molecule has 0 aliphatic carbocycles. The van der Waals surface area contributed by atoms with Crippen molar-refractivity contribution in [1.82, 2.24) is 0 Å². The lowest BCUT2D eigenvalue weighted by Crippen LogP contribution is -2.36. The Morgan fingerprint density at radius 2 is 1.96 bits per heavy atom. The number of anilines is 1. The predicted octanol–water partition coefficient (Wildman–Crippen LogP) is 2.93. The van der Waals surface area contributed by atoms with Crippen LogP contribution in [0, 0.1) is 6.57 Å². The molecule has 26 heavy (non-hydrogen) atoms. The zero-order valence-corrected chi connectivity index (χ0v) is 14.4. The van der Waals surface area contributed by atoms with Crippen molar-refractivity contribution in [2.24, 2.45) is 0 Å². The third-order valence-electron chi connectivity index (χ3n) is 4.67. The predicted molar refractivity (Wildman–Crippen MR) is 96.8 cm³/mol. The van der Waals surface area contributed by atoms with E-state index in [4.69, 9.17) is 20.8 Å². The van der Waals surface area contributed by atoms with Gasteiger partial charge in [0.1, 0.15) is 0 Å². The molecule has 2 saturated heterocycles. The van der Waals surface area contributed by atoms with Crippen molar-refractivity contribution in [1.29, 1.82) is 0 Å². The van der Waals surface area contributed by atoms with Gasteiger partial charge in [-0.15, -0.1) is 0 Å². The molecule has 134 valence electrons. The van der Waals surface area contributed by atoms with Crippen LogP contribution in [0.2, 0.25) is 0 Å². The summed E-state index contributed by atoms with van der Waals surface area (Å²) in [5.41, 5.74) is 1.86. The second-order valence-corrected chi connectivity index (χ2v) is 6.52. The molecule has 0 radical (unpaired) electrons. The molecule has 6 heteroatoms. The first-order valence-electron chi connectivity index (χ1n) is 8.77. The van der Waals surface area contributed by atoms with Crippen LogP contribution in [0.25, 0.3) is 15.6 Å². The highest BCUT2D eigenvalue weighted by Gasteiger charge is 2.29. The average molecular weight is 352 g/mol. The van der Waals surface area contributed by atoms with Crippen LogP contribution in [0.5, 0.6) is 0 Å². The molecule has 0 aromatic heterocycles. The van der Waals surface area contributed by atoms with E-state index in [1.165, 1.54) is 5.69 Å². The Balaban J connectivity index is 1.52. The molecule has 2 aromatic carbocycles. The number of rotatable bonds is 5. The summed E-state index contributed by atoms with van der Waals surface area (Å²) in [7, 11) is 0. The molecular formula is C20H20N2O4. The maximum Gasteiger partial charge on any atom is 0.395 e. The highest BCUT2D eigenvalue weighted by molar-refractivity contribution is 5.86. The van der Waals surface area contributed by atoms with E-state index in [1.54, 1.807) is 0 Å². The van der Waals surface area contributed by atoms with E-state index in [2.05, 4.69) is 21.9 Å². The monoisotopic (exact) mass is 352 g/mol. The lowest BCUT2D eigenvalue weighted by molar-refractivity contribution is -0.147. The summed E-state index contributed by atoms with van der Waals surface area (Å²) in [6.07, 6.45) is -0.739. The van der Waals surface area contributed by atoms with Gasteiger partial charge in [0.2, 0.25) is 0 Å². The fraction of sp³-hybridized carbons (Fsp3) is 0.400. The molecule has 2 heterocycles. The Bertz CT molecular complexity index is 851. The summed E-state index contributed by atoms with van der Waals surface area (Å²) in [6.45, 7) is 11.2. The quantitative estimate of drug-likeness (QED) is 0.470. The van der Waals surface area contributed by atoms with Crippen molar-refractivity contribution in [3.8, 4) is 0 Å². The second-order valence-electron chi connectivity index (χ2n) is 6.52. The van der Waals surface area contributed by atoms with Crippen molar-refractivity contribution < 1.29 is 19.0 Å². The van der Waals surface area contributed by atoms with Crippen LogP contribution < -0.4 is 4.90 Å². The average Bonchev–Trinajstić information content (AvgIpc) is 3.50. The van der Waals surface area contributed by atoms with Crippen LogP contribution in [-0.2, 0) is 19.0 Å². The van der Waals surface area contributed by atoms with Gasteiger partial charge in [-0.3, -0.25) is 9.64 Å². The van der Waals surface area contributed by atoms with Crippen LogP contribution in [-0.4, -0.2) is 45.0 Å². The van der Waals surface area contributed by atoms with Crippen molar-refractivity contribution in [2.75, 3.05) is 37.8 Å². The number of hydrogen-bond donors (Lipinski definition) is 0. The molecule has 2 aromatic rings. The summed E-state index contributed by atoms with van der Waals surface area (Å²) >= 11 is 0. The topological polar surface area (TPSA) is 55.7 Å². The first kappa shape index (κ1) is 16.8. The standard InChI is InChI=1S/C20H20N2O4/c1-21-20(26-19(23)12-18-13-25-18)16-3-2-15-11-17(5-4-14(15)10-16)22-6-8-24-9-7-22/h2-5,10-11,18,20H,6-9,12-13H2. The lowest BCUT2D eigenvalue weighted by atomic mass is 10.0. The SMILES string of the molecule is [C-]#[N+]C(OC(=O)CC1CO1)c1ccc2cc(N3CCOCC3)ccc2c1. The lowest BCUT2D eigenvalue weighted by Gasteiger charge is -2.29. The van der Waals surface area contributed by atoms with Gasteiger partial charge in [-0.05, 0) is 35.0 Å². The van der Waals surface area contributed by atoms with Gasteiger partial charge in [0, 0.05) is 18.8 Å². The molecule has 2 atom stereocenters. The number of fused-ring (bicyclic) bond motifs is 1. The number of hydrogen-bond acceptors (Lipinski definition) is 5. The third-order valence-corrected chi connectivity index (χ3v) is 4.67. The van der Waals surface area contributed by atoms with Crippen molar-refractivity contribution in [2.45, 2.75) is 18.8 Å². The fourth-order valence-corrected chi connectivity index (χ4v) is 3.14. The Labute approximate surface area is 152 Å². The summed E-state index contributed by atoms with van der Waals surface area (Å²) in [5.74, 6) is -0.392. The Morgan fingerprint density at radius 3 is 2.69 bits per heavy atom. The maximum atomic E-state index is 11.9. The molecule has 0 bridgehead atoms. The first-order valence-corrected chi connectivity index (χ1v) is 8.77. The summed E-state index contributed by atoms with van der Waals surface area (Å²) < 4.78 is 15.7. The van der Waals surface area contributed by atoms with Crippen LogP contribution >= 0.6 is 0 Å². The van der Waals surface area contributed by atoms with Crippen LogP contribution in [0.15, 0.2) is 36.4 Å². The van der Waals surface area contributed by atoms with Crippen LogP contribution in [0.4, 0.5) is 5.69 Å². The van der Waals surface area contributed by atoms with E-state index in [1.807, 2.05) is 24.3 Å². The van der Waals surface area contributed by atoms with E-state index < -0.39 is 12.2 Å². The molecule has 2 aliphatic heterocycles. The molecule has 0 amide bonds. The van der Waals surface area contributed by atoms with E-state index in [0.717, 1.165) is 37.1 Å². The maximum absolute atomic E-state index is 11.9. The number of carbonyl (C=O) groups excluding carboxylic acids is 1. The van der Waals surface area contributed by atoms with E-state index in [-0.39, 0.29) is 12.5 Å². The number of esters is 1.